The SMILES string of the molecule is O=C(O)c1cc(I)ccc1OCc1ccsc1. The molecule has 1 heterocycles. The minimum absolute atomic E-state index is 0.201. The molecule has 88 valence electrons. The number of rotatable bonds is 4. The van der Waals surface area contributed by atoms with Crippen LogP contribution in [0.25, 0.3) is 0 Å². The lowest BCUT2D eigenvalue weighted by atomic mass is 10.2. The van der Waals surface area contributed by atoms with Crippen LogP contribution < -0.4 is 4.74 Å². The number of carboxylic acid groups (broad SMARTS) is 1. The van der Waals surface area contributed by atoms with E-state index in [1.54, 1.807) is 23.5 Å². The molecule has 1 aromatic carbocycles. The Morgan fingerprint density at radius 1 is 1.41 bits per heavy atom. The third-order valence-corrected chi connectivity index (χ3v) is 3.55. The fraction of sp³-hybridized carbons (Fsp3) is 0.0833. The Bertz CT molecular complexity index is 523. The second-order valence-corrected chi connectivity index (χ2v) is 5.39. The van der Waals surface area contributed by atoms with Crippen molar-refractivity contribution in [2.75, 3.05) is 0 Å². The standard InChI is InChI=1S/C12H9IO3S/c13-9-1-2-11(10(5-9)12(14)15)16-6-8-3-4-17-7-8/h1-5,7H,6H2,(H,14,15). The summed E-state index contributed by atoms with van der Waals surface area (Å²) in [6.07, 6.45) is 0. The van der Waals surface area contributed by atoms with E-state index in [1.807, 2.05) is 22.9 Å². The topological polar surface area (TPSA) is 46.5 Å². The fourth-order valence-corrected chi connectivity index (χ4v) is 2.48. The molecule has 17 heavy (non-hydrogen) atoms. The highest BCUT2D eigenvalue weighted by molar-refractivity contribution is 14.1. The van der Waals surface area contributed by atoms with Crippen molar-refractivity contribution in [3.63, 3.8) is 0 Å². The van der Waals surface area contributed by atoms with Gasteiger partial charge in [-0.15, -0.1) is 0 Å². The van der Waals surface area contributed by atoms with Crippen molar-refractivity contribution in [1.82, 2.24) is 0 Å². The predicted molar refractivity (Wildman–Crippen MR) is 74.8 cm³/mol. The number of halogens is 1. The molecule has 0 amide bonds. The summed E-state index contributed by atoms with van der Waals surface area (Å²) in [6.45, 7) is 0.393. The Morgan fingerprint density at radius 2 is 2.24 bits per heavy atom. The number of hydrogen-bond acceptors (Lipinski definition) is 3. The van der Waals surface area contributed by atoms with Gasteiger partial charge in [0.25, 0.3) is 0 Å². The van der Waals surface area contributed by atoms with E-state index in [-0.39, 0.29) is 5.56 Å². The molecule has 0 aliphatic heterocycles. The second-order valence-electron chi connectivity index (χ2n) is 3.37. The first-order valence-electron chi connectivity index (χ1n) is 4.83. The Morgan fingerprint density at radius 3 is 2.88 bits per heavy atom. The lowest BCUT2D eigenvalue weighted by Crippen LogP contribution is -2.03. The zero-order chi connectivity index (χ0) is 12.3. The molecule has 0 aliphatic rings. The molecular weight excluding hydrogens is 351 g/mol. The number of hydrogen-bond donors (Lipinski definition) is 1. The first kappa shape index (κ1) is 12.4. The number of carboxylic acids is 1. The minimum Gasteiger partial charge on any atom is -0.488 e. The maximum absolute atomic E-state index is 11.1. The van der Waals surface area contributed by atoms with Crippen LogP contribution >= 0.6 is 33.9 Å². The van der Waals surface area contributed by atoms with E-state index < -0.39 is 5.97 Å². The highest BCUT2D eigenvalue weighted by atomic mass is 127. The van der Waals surface area contributed by atoms with Crippen LogP contribution in [-0.2, 0) is 6.61 Å². The number of ether oxygens (including phenoxy) is 1. The highest BCUT2D eigenvalue weighted by Crippen LogP contribution is 2.22. The van der Waals surface area contributed by atoms with E-state index in [0.29, 0.717) is 12.4 Å². The van der Waals surface area contributed by atoms with Crippen molar-refractivity contribution < 1.29 is 14.6 Å². The van der Waals surface area contributed by atoms with Crippen molar-refractivity contribution in [1.29, 1.82) is 0 Å². The first-order valence-corrected chi connectivity index (χ1v) is 6.85. The molecule has 0 bridgehead atoms. The summed E-state index contributed by atoms with van der Waals surface area (Å²) in [4.78, 5) is 11.1. The van der Waals surface area contributed by atoms with E-state index >= 15 is 0 Å². The molecule has 0 fully saturated rings. The van der Waals surface area contributed by atoms with Crippen molar-refractivity contribution in [3.05, 3.63) is 49.7 Å². The monoisotopic (exact) mass is 360 g/mol. The second kappa shape index (κ2) is 5.50. The Kier molecular flexibility index (Phi) is 4.01. The number of carbonyl (C=O) groups is 1. The van der Waals surface area contributed by atoms with E-state index in [0.717, 1.165) is 9.13 Å². The van der Waals surface area contributed by atoms with Crippen LogP contribution in [0.2, 0.25) is 0 Å². The molecule has 1 N–H and O–H groups in total. The van der Waals surface area contributed by atoms with Crippen molar-refractivity contribution >= 4 is 39.9 Å². The molecule has 2 aromatic rings. The normalized spacial score (nSPS) is 10.2. The van der Waals surface area contributed by atoms with Crippen LogP contribution in [-0.4, -0.2) is 11.1 Å². The van der Waals surface area contributed by atoms with Gasteiger partial charge in [-0.05, 0) is 63.2 Å². The summed E-state index contributed by atoms with van der Waals surface area (Å²) >= 11 is 3.67. The smallest absolute Gasteiger partial charge is 0.339 e. The van der Waals surface area contributed by atoms with E-state index in [2.05, 4.69) is 22.6 Å². The van der Waals surface area contributed by atoms with Crippen LogP contribution in [0.15, 0.2) is 35.0 Å². The summed E-state index contributed by atoms with van der Waals surface area (Å²) in [5.74, 6) is -0.562. The summed E-state index contributed by atoms with van der Waals surface area (Å²) in [5, 5.41) is 13.0. The van der Waals surface area contributed by atoms with Gasteiger partial charge >= 0.3 is 5.97 Å². The van der Waals surface area contributed by atoms with Gasteiger partial charge in [0.15, 0.2) is 0 Å². The van der Waals surface area contributed by atoms with Crippen molar-refractivity contribution in [2.45, 2.75) is 6.61 Å². The van der Waals surface area contributed by atoms with Gasteiger partial charge in [-0.2, -0.15) is 11.3 Å². The van der Waals surface area contributed by atoms with Crippen LogP contribution in [0.1, 0.15) is 15.9 Å². The Hall–Kier alpha value is -1.08. The van der Waals surface area contributed by atoms with E-state index in [9.17, 15) is 4.79 Å². The van der Waals surface area contributed by atoms with Crippen LogP contribution in [0, 0.1) is 3.57 Å². The van der Waals surface area contributed by atoms with Crippen LogP contribution in [0.4, 0.5) is 0 Å². The molecule has 1 aromatic heterocycles. The molecule has 0 saturated carbocycles. The fourth-order valence-electron chi connectivity index (χ4n) is 1.33. The van der Waals surface area contributed by atoms with Crippen molar-refractivity contribution in [2.24, 2.45) is 0 Å². The van der Waals surface area contributed by atoms with Gasteiger partial charge in [-0.1, -0.05) is 0 Å². The van der Waals surface area contributed by atoms with Gasteiger partial charge in [0.1, 0.15) is 17.9 Å². The lowest BCUT2D eigenvalue weighted by Gasteiger charge is -2.08. The number of thiophene rings is 1. The summed E-state index contributed by atoms with van der Waals surface area (Å²) in [7, 11) is 0. The van der Waals surface area contributed by atoms with Gasteiger partial charge in [-0.3, -0.25) is 0 Å². The molecule has 0 aliphatic carbocycles. The molecule has 0 saturated heterocycles. The Balaban J connectivity index is 2.17. The Labute approximate surface area is 116 Å². The first-order chi connectivity index (χ1) is 8.16. The highest BCUT2D eigenvalue weighted by Gasteiger charge is 2.11. The third-order valence-electron chi connectivity index (χ3n) is 2.15. The molecule has 3 nitrogen and oxygen atoms in total. The summed E-state index contributed by atoms with van der Waals surface area (Å²) in [6, 6.07) is 7.08. The molecular formula is C12H9IO3S. The maximum Gasteiger partial charge on any atom is 0.339 e. The zero-order valence-corrected chi connectivity index (χ0v) is 11.7. The van der Waals surface area contributed by atoms with Gasteiger partial charge in [0.2, 0.25) is 0 Å². The van der Waals surface area contributed by atoms with Gasteiger partial charge in [0.05, 0.1) is 0 Å². The number of aromatic carboxylic acids is 1. The summed E-state index contributed by atoms with van der Waals surface area (Å²) in [5.41, 5.74) is 1.25. The van der Waals surface area contributed by atoms with Gasteiger partial charge in [-0.25, -0.2) is 4.79 Å². The molecule has 2 rings (SSSR count). The largest absolute Gasteiger partial charge is 0.488 e. The van der Waals surface area contributed by atoms with Gasteiger partial charge in [0, 0.05) is 3.57 Å². The summed E-state index contributed by atoms with van der Waals surface area (Å²) < 4.78 is 6.40. The molecule has 0 unspecified atom stereocenters. The average Bonchev–Trinajstić information content (AvgIpc) is 2.80. The van der Waals surface area contributed by atoms with E-state index in [1.165, 1.54) is 0 Å². The zero-order valence-electron chi connectivity index (χ0n) is 8.72. The lowest BCUT2D eigenvalue weighted by molar-refractivity contribution is 0.0691. The predicted octanol–water partition coefficient (Wildman–Crippen LogP) is 3.63. The van der Waals surface area contributed by atoms with Crippen LogP contribution in [0.5, 0.6) is 5.75 Å². The van der Waals surface area contributed by atoms with Crippen molar-refractivity contribution in [3.8, 4) is 5.75 Å². The quantitative estimate of drug-likeness (QED) is 0.847. The minimum atomic E-state index is -0.969. The molecule has 0 atom stereocenters. The van der Waals surface area contributed by atoms with Gasteiger partial charge < -0.3 is 9.84 Å². The molecule has 0 radical (unpaired) electrons. The molecule has 0 spiro atoms. The van der Waals surface area contributed by atoms with Crippen LogP contribution in [0.3, 0.4) is 0 Å². The van der Waals surface area contributed by atoms with E-state index in [4.69, 9.17) is 9.84 Å². The molecule has 5 heteroatoms. The number of benzene rings is 1. The third kappa shape index (κ3) is 3.19. The maximum atomic E-state index is 11.1. The average molecular weight is 360 g/mol.